The molecule has 8 heteroatoms. The van der Waals surface area contributed by atoms with Crippen molar-refractivity contribution in [2.24, 2.45) is 0 Å². The highest BCUT2D eigenvalue weighted by molar-refractivity contribution is 7.09. The zero-order valence-corrected chi connectivity index (χ0v) is 17.9. The van der Waals surface area contributed by atoms with Gasteiger partial charge in [-0.15, -0.1) is 11.3 Å². The number of hydrogen-bond donors (Lipinski definition) is 0. The first kappa shape index (κ1) is 20.1. The number of amides is 1. The van der Waals surface area contributed by atoms with E-state index >= 15 is 0 Å². The lowest BCUT2D eigenvalue weighted by molar-refractivity contribution is -0.133. The normalized spacial score (nSPS) is 19.9. The molecule has 29 heavy (non-hydrogen) atoms. The molecule has 1 saturated heterocycles. The summed E-state index contributed by atoms with van der Waals surface area (Å²) in [5.74, 6) is 1.63. The van der Waals surface area contributed by atoms with Crippen molar-refractivity contribution in [2.75, 3.05) is 52.9 Å². The lowest BCUT2D eigenvalue weighted by Crippen LogP contribution is -2.50. The fourth-order valence-corrected chi connectivity index (χ4v) is 4.29. The zero-order chi connectivity index (χ0) is 20.2. The molecule has 1 amide bonds. The molecule has 0 saturated carbocycles. The molecule has 0 N–H and O–H groups in total. The lowest BCUT2D eigenvalue weighted by Gasteiger charge is -2.35. The summed E-state index contributed by atoms with van der Waals surface area (Å²) in [4.78, 5) is 23.6. The molecule has 2 aliphatic rings. The molecule has 2 aliphatic heterocycles. The van der Waals surface area contributed by atoms with Crippen LogP contribution in [0.5, 0.6) is 11.5 Å². The van der Waals surface area contributed by atoms with Crippen molar-refractivity contribution >= 4 is 17.2 Å². The van der Waals surface area contributed by atoms with Crippen molar-refractivity contribution in [3.63, 3.8) is 0 Å². The molecule has 0 radical (unpaired) electrons. The molecule has 0 aliphatic carbocycles. The van der Waals surface area contributed by atoms with Crippen LogP contribution in [0.15, 0.2) is 29.6 Å². The van der Waals surface area contributed by atoms with Gasteiger partial charge in [0.15, 0.2) is 17.6 Å². The molecule has 1 unspecified atom stereocenters. The Kier molecular flexibility index (Phi) is 6.32. The second-order valence-corrected chi connectivity index (χ2v) is 8.74. The second-order valence-electron chi connectivity index (χ2n) is 7.68. The van der Waals surface area contributed by atoms with Crippen molar-refractivity contribution in [1.29, 1.82) is 0 Å². The molecule has 2 aromatic rings. The maximum atomic E-state index is 12.7. The first-order valence-electron chi connectivity index (χ1n) is 10.0. The summed E-state index contributed by atoms with van der Waals surface area (Å²) >= 11 is 1.70. The van der Waals surface area contributed by atoms with Crippen LogP contribution in [0, 0.1) is 6.92 Å². The van der Waals surface area contributed by atoms with E-state index in [0.29, 0.717) is 19.7 Å². The van der Waals surface area contributed by atoms with Crippen molar-refractivity contribution in [1.82, 2.24) is 19.7 Å². The Balaban J connectivity index is 1.20. The van der Waals surface area contributed by atoms with Crippen LogP contribution in [0.4, 0.5) is 0 Å². The largest absolute Gasteiger partial charge is 0.486 e. The van der Waals surface area contributed by atoms with Crippen molar-refractivity contribution in [3.8, 4) is 11.5 Å². The Bertz CT molecular complexity index is 835. The van der Waals surface area contributed by atoms with Crippen LogP contribution in [0.2, 0.25) is 0 Å². The predicted molar refractivity (Wildman–Crippen MR) is 113 cm³/mol. The molecule has 3 heterocycles. The van der Waals surface area contributed by atoms with E-state index in [-0.39, 0.29) is 12.0 Å². The Morgan fingerprint density at radius 3 is 2.66 bits per heavy atom. The van der Waals surface area contributed by atoms with E-state index in [2.05, 4.69) is 20.2 Å². The fraction of sp³-hybridized carbons (Fsp3) is 0.524. The molecule has 0 spiro atoms. The molecule has 1 aromatic heterocycles. The summed E-state index contributed by atoms with van der Waals surface area (Å²) < 4.78 is 11.7. The molecule has 0 bridgehead atoms. The second kappa shape index (κ2) is 9.11. The summed E-state index contributed by atoms with van der Waals surface area (Å²) in [5.41, 5.74) is 1.15. The van der Waals surface area contributed by atoms with E-state index in [9.17, 15) is 4.79 Å². The van der Waals surface area contributed by atoms with Gasteiger partial charge in [0.05, 0.1) is 23.8 Å². The average molecular weight is 417 g/mol. The first-order chi connectivity index (χ1) is 14.1. The number of carbonyl (C=O) groups is 1. The number of ether oxygens (including phenoxy) is 2. The number of nitrogens with zero attached hydrogens (tertiary/aromatic N) is 4. The Hall–Kier alpha value is -2.16. The fourth-order valence-electron chi connectivity index (χ4n) is 3.69. The summed E-state index contributed by atoms with van der Waals surface area (Å²) in [5, 5.41) is 3.25. The number of fused-ring (bicyclic) bond motifs is 1. The number of rotatable bonds is 6. The molecule has 1 atom stereocenters. The number of carbonyl (C=O) groups excluding carboxylic acids is 1. The molecule has 1 aromatic carbocycles. The SMILES string of the molecule is Cc1nc(CN2CCN(CC(=O)N(C)CC3COc4ccccc4O3)CC2)cs1. The number of hydrogen-bond acceptors (Lipinski definition) is 7. The molecule has 7 nitrogen and oxygen atoms in total. The molecular weight excluding hydrogens is 388 g/mol. The topological polar surface area (TPSA) is 58.1 Å². The predicted octanol–water partition coefficient (Wildman–Crippen LogP) is 1.87. The van der Waals surface area contributed by atoms with Gasteiger partial charge in [-0.2, -0.15) is 0 Å². The molecule has 4 rings (SSSR count). The van der Waals surface area contributed by atoms with Crippen molar-refractivity contribution in [3.05, 3.63) is 40.3 Å². The third-order valence-corrected chi connectivity index (χ3v) is 6.17. The molecule has 156 valence electrons. The molecular formula is C21H28N4O3S. The third kappa shape index (κ3) is 5.26. The minimum absolute atomic E-state index is 0.121. The summed E-state index contributed by atoms with van der Waals surface area (Å²) in [7, 11) is 1.84. The van der Waals surface area contributed by atoms with Gasteiger partial charge in [0.2, 0.25) is 5.91 Å². The smallest absolute Gasteiger partial charge is 0.236 e. The number of para-hydroxylation sites is 2. The number of likely N-dealkylation sites (N-methyl/N-ethyl adjacent to an activating group) is 1. The third-order valence-electron chi connectivity index (χ3n) is 5.35. The van der Waals surface area contributed by atoms with Gasteiger partial charge in [-0.3, -0.25) is 14.6 Å². The van der Waals surface area contributed by atoms with E-state index in [1.165, 1.54) is 0 Å². The van der Waals surface area contributed by atoms with Gasteiger partial charge >= 0.3 is 0 Å². The standard InChI is InChI=1S/C21H28N4O3S/c1-16-22-17(15-29-16)11-24-7-9-25(10-8-24)13-21(26)23(2)12-18-14-27-19-5-3-4-6-20(19)28-18/h3-6,15,18H,7-14H2,1-2H3. The Morgan fingerprint density at radius 2 is 1.93 bits per heavy atom. The molecule has 1 fully saturated rings. The first-order valence-corrected chi connectivity index (χ1v) is 10.9. The van der Waals surface area contributed by atoms with Crippen LogP contribution in [-0.4, -0.2) is 84.6 Å². The van der Waals surface area contributed by atoms with Crippen LogP contribution < -0.4 is 9.47 Å². The van der Waals surface area contributed by atoms with Gasteiger partial charge in [-0.25, -0.2) is 4.98 Å². The zero-order valence-electron chi connectivity index (χ0n) is 17.0. The number of thiazole rings is 1. The van der Waals surface area contributed by atoms with E-state index < -0.39 is 0 Å². The van der Waals surface area contributed by atoms with Crippen molar-refractivity contribution < 1.29 is 14.3 Å². The minimum atomic E-state index is -0.141. The highest BCUT2D eigenvalue weighted by Crippen LogP contribution is 2.30. The van der Waals surface area contributed by atoms with Crippen LogP contribution >= 0.6 is 11.3 Å². The quantitative estimate of drug-likeness (QED) is 0.717. The van der Waals surface area contributed by atoms with E-state index in [4.69, 9.17) is 9.47 Å². The van der Waals surface area contributed by atoms with Gasteiger partial charge in [0, 0.05) is 45.2 Å². The summed E-state index contributed by atoms with van der Waals surface area (Å²) in [6, 6.07) is 7.65. The van der Waals surface area contributed by atoms with Crippen LogP contribution in [0.25, 0.3) is 0 Å². The number of benzene rings is 1. The summed E-state index contributed by atoms with van der Waals surface area (Å²) in [6.07, 6.45) is -0.141. The number of piperazine rings is 1. The minimum Gasteiger partial charge on any atom is -0.486 e. The van der Waals surface area contributed by atoms with E-state index in [1.54, 1.807) is 16.2 Å². The van der Waals surface area contributed by atoms with Gasteiger partial charge < -0.3 is 14.4 Å². The van der Waals surface area contributed by atoms with E-state index in [0.717, 1.165) is 54.9 Å². The highest BCUT2D eigenvalue weighted by Gasteiger charge is 2.25. The highest BCUT2D eigenvalue weighted by atomic mass is 32.1. The van der Waals surface area contributed by atoms with Gasteiger partial charge in [0.1, 0.15) is 6.61 Å². The van der Waals surface area contributed by atoms with Gasteiger partial charge in [-0.1, -0.05) is 12.1 Å². The van der Waals surface area contributed by atoms with Gasteiger partial charge in [-0.05, 0) is 19.1 Å². The lowest BCUT2D eigenvalue weighted by atomic mass is 10.2. The monoisotopic (exact) mass is 416 g/mol. The average Bonchev–Trinajstić information content (AvgIpc) is 3.14. The Labute approximate surface area is 175 Å². The maximum absolute atomic E-state index is 12.7. The van der Waals surface area contributed by atoms with Crippen LogP contribution in [-0.2, 0) is 11.3 Å². The number of aryl methyl sites for hydroxylation is 1. The van der Waals surface area contributed by atoms with Crippen LogP contribution in [0.3, 0.4) is 0 Å². The van der Waals surface area contributed by atoms with E-state index in [1.807, 2.05) is 38.2 Å². The Morgan fingerprint density at radius 1 is 1.21 bits per heavy atom. The van der Waals surface area contributed by atoms with Crippen LogP contribution in [0.1, 0.15) is 10.7 Å². The number of aromatic nitrogens is 1. The van der Waals surface area contributed by atoms with Gasteiger partial charge in [0.25, 0.3) is 0 Å². The summed E-state index contributed by atoms with van der Waals surface area (Å²) in [6.45, 7) is 8.10. The maximum Gasteiger partial charge on any atom is 0.236 e. The van der Waals surface area contributed by atoms with Crippen molar-refractivity contribution in [2.45, 2.75) is 19.6 Å².